The molecule has 2 N–H and O–H groups in total. The fourth-order valence-corrected chi connectivity index (χ4v) is 2.62. The molecule has 1 aromatic carbocycles. The van der Waals surface area contributed by atoms with Crippen molar-refractivity contribution in [1.29, 1.82) is 0 Å². The molecular formula is C19H18F3N5O2. The lowest BCUT2D eigenvalue weighted by molar-refractivity contribution is -0.140. The number of nitrogens with one attached hydrogen (secondary N) is 1. The van der Waals surface area contributed by atoms with Gasteiger partial charge in [-0.3, -0.25) is 0 Å². The molecule has 29 heavy (non-hydrogen) atoms. The van der Waals surface area contributed by atoms with Gasteiger partial charge in [0, 0.05) is 36.7 Å². The Morgan fingerprint density at radius 2 is 1.79 bits per heavy atom. The maximum absolute atomic E-state index is 13.0. The summed E-state index contributed by atoms with van der Waals surface area (Å²) >= 11 is 0. The summed E-state index contributed by atoms with van der Waals surface area (Å²) in [6, 6.07) is 6.75. The van der Waals surface area contributed by atoms with Crippen molar-refractivity contribution in [3.8, 4) is 11.4 Å². The number of aromatic carboxylic acids is 1. The summed E-state index contributed by atoms with van der Waals surface area (Å²) in [6.45, 7) is 3.94. The summed E-state index contributed by atoms with van der Waals surface area (Å²) in [4.78, 5) is 22.4. The van der Waals surface area contributed by atoms with E-state index < -0.39 is 17.8 Å². The van der Waals surface area contributed by atoms with E-state index in [4.69, 9.17) is 5.11 Å². The van der Waals surface area contributed by atoms with Crippen LogP contribution in [0.25, 0.3) is 11.4 Å². The lowest BCUT2D eigenvalue weighted by atomic mass is 10.1. The van der Waals surface area contributed by atoms with E-state index in [1.807, 2.05) is 0 Å². The number of carboxylic acids is 1. The van der Waals surface area contributed by atoms with Gasteiger partial charge < -0.3 is 15.0 Å². The molecule has 0 fully saturated rings. The Kier molecular flexibility index (Phi) is 5.53. The van der Waals surface area contributed by atoms with Crippen LogP contribution in [0.4, 0.5) is 19.1 Å². The van der Waals surface area contributed by atoms with E-state index in [9.17, 15) is 18.0 Å². The van der Waals surface area contributed by atoms with Crippen LogP contribution in [-0.4, -0.2) is 30.6 Å². The number of imidazole rings is 1. The predicted octanol–water partition coefficient (Wildman–Crippen LogP) is 4.25. The van der Waals surface area contributed by atoms with Gasteiger partial charge in [0.1, 0.15) is 5.82 Å². The van der Waals surface area contributed by atoms with Crippen LogP contribution in [0.1, 0.15) is 41.5 Å². The van der Waals surface area contributed by atoms with Crippen molar-refractivity contribution in [2.75, 3.05) is 5.32 Å². The van der Waals surface area contributed by atoms with Crippen molar-refractivity contribution in [2.24, 2.45) is 0 Å². The Bertz CT molecular complexity index is 996. The molecule has 0 aliphatic heterocycles. The first kappa shape index (κ1) is 20.3. The molecule has 0 spiro atoms. The largest absolute Gasteiger partial charge is 0.478 e. The zero-order valence-electron chi connectivity index (χ0n) is 15.6. The Labute approximate surface area is 164 Å². The van der Waals surface area contributed by atoms with Gasteiger partial charge >= 0.3 is 12.1 Å². The minimum atomic E-state index is -4.51. The number of rotatable bonds is 6. The third-order valence-corrected chi connectivity index (χ3v) is 4.14. The minimum Gasteiger partial charge on any atom is -0.478 e. The molecule has 0 aliphatic rings. The van der Waals surface area contributed by atoms with Crippen molar-refractivity contribution >= 4 is 11.9 Å². The van der Waals surface area contributed by atoms with E-state index in [1.165, 1.54) is 17.0 Å². The number of hydrogen-bond donors (Lipinski definition) is 2. The molecule has 0 amide bonds. The minimum absolute atomic E-state index is 0.0150. The van der Waals surface area contributed by atoms with E-state index in [-0.39, 0.29) is 23.4 Å². The van der Waals surface area contributed by atoms with Crippen LogP contribution >= 0.6 is 0 Å². The number of benzene rings is 1. The first-order valence-electron chi connectivity index (χ1n) is 8.69. The van der Waals surface area contributed by atoms with Crippen LogP contribution in [0.5, 0.6) is 0 Å². The zero-order valence-corrected chi connectivity index (χ0v) is 15.6. The van der Waals surface area contributed by atoms with Gasteiger partial charge in [0.15, 0.2) is 5.69 Å². The van der Waals surface area contributed by atoms with Gasteiger partial charge in [-0.05, 0) is 19.4 Å². The monoisotopic (exact) mass is 405 g/mol. The highest BCUT2D eigenvalue weighted by molar-refractivity contribution is 5.86. The highest BCUT2D eigenvalue weighted by Gasteiger charge is 2.35. The van der Waals surface area contributed by atoms with Crippen molar-refractivity contribution in [1.82, 2.24) is 19.5 Å². The summed E-state index contributed by atoms with van der Waals surface area (Å²) in [5.41, 5.74) is 0.478. The van der Waals surface area contributed by atoms with E-state index in [0.29, 0.717) is 12.1 Å². The van der Waals surface area contributed by atoms with Crippen LogP contribution in [0.15, 0.2) is 42.9 Å². The standard InChI is InChI=1S/C19H18F3N5O2/c1-11(2)27-10-15(19(20,21)22)26-16(27)13-5-3-12(4-6-13)7-23-18-24-8-14(9-25-18)17(28)29/h3-6,8-11H,7H2,1-2H3,(H,28,29)(H,23,24,25). The number of anilines is 1. The first-order chi connectivity index (χ1) is 13.6. The third-order valence-electron chi connectivity index (χ3n) is 4.14. The van der Waals surface area contributed by atoms with E-state index in [0.717, 1.165) is 11.8 Å². The first-order valence-corrected chi connectivity index (χ1v) is 8.69. The summed E-state index contributed by atoms with van der Waals surface area (Å²) < 4.78 is 40.6. The molecule has 10 heteroatoms. The molecule has 2 heterocycles. The number of alkyl halides is 3. The molecule has 0 bridgehead atoms. The smallest absolute Gasteiger partial charge is 0.434 e. The van der Waals surface area contributed by atoms with Crippen LogP contribution in [0.2, 0.25) is 0 Å². The molecule has 3 aromatic rings. The molecule has 2 aromatic heterocycles. The molecule has 0 radical (unpaired) electrons. The quantitative estimate of drug-likeness (QED) is 0.637. The molecule has 152 valence electrons. The molecular weight excluding hydrogens is 387 g/mol. The van der Waals surface area contributed by atoms with Gasteiger partial charge in [-0.15, -0.1) is 0 Å². The fourth-order valence-electron chi connectivity index (χ4n) is 2.62. The number of halogens is 3. The van der Waals surface area contributed by atoms with Crippen molar-refractivity contribution in [3.63, 3.8) is 0 Å². The van der Waals surface area contributed by atoms with Crippen molar-refractivity contribution in [2.45, 2.75) is 32.6 Å². The van der Waals surface area contributed by atoms with E-state index in [1.54, 1.807) is 38.1 Å². The predicted molar refractivity (Wildman–Crippen MR) is 99.4 cm³/mol. The Hall–Kier alpha value is -3.43. The Balaban J connectivity index is 1.75. The maximum atomic E-state index is 13.0. The third kappa shape index (κ3) is 4.71. The van der Waals surface area contributed by atoms with Crippen LogP contribution in [0.3, 0.4) is 0 Å². The van der Waals surface area contributed by atoms with Gasteiger partial charge in [-0.2, -0.15) is 13.2 Å². The van der Waals surface area contributed by atoms with Crippen LogP contribution in [-0.2, 0) is 12.7 Å². The zero-order chi connectivity index (χ0) is 21.2. The topological polar surface area (TPSA) is 92.9 Å². The summed E-state index contributed by atoms with van der Waals surface area (Å²) in [6.07, 6.45) is -1.09. The lowest BCUT2D eigenvalue weighted by Crippen LogP contribution is -2.06. The molecule has 0 saturated heterocycles. The van der Waals surface area contributed by atoms with Gasteiger partial charge in [0.05, 0.1) is 5.56 Å². The van der Waals surface area contributed by atoms with E-state index in [2.05, 4.69) is 20.3 Å². The molecule has 0 aliphatic carbocycles. The highest BCUT2D eigenvalue weighted by Crippen LogP contribution is 2.32. The number of aromatic nitrogens is 4. The second-order valence-electron chi connectivity index (χ2n) is 6.60. The SMILES string of the molecule is CC(C)n1cc(C(F)(F)F)nc1-c1ccc(CNc2ncc(C(=O)O)cn2)cc1. The van der Waals surface area contributed by atoms with E-state index >= 15 is 0 Å². The Morgan fingerprint density at radius 1 is 1.17 bits per heavy atom. The summed E-state index contributed by atoms with van der Waals surface area (Å²) in [7, 11) is 0. The molecule has 0 atom stereocenters. The number of carbonyl (C=O) groups is 1. The van der Waals surface area contributed by atoms with Crippen LogP contribution < -0.4 is 5.32 Å². The van der Waals surface area contributed by atoms with Gasteiger partial charge in [0.25, 0.3) is 0 Å². The average molecular weight is 405 g/mol. The number of hydrogen-bond acceptors (Lipinski definition) is 5. The van der Waals surface area contributed by atoms with Gasteiger partial charge in [-0.1, -0.05) is 24.3 Å². The van der Waals surface area contributed by atoms with Crippen LogP contribution in [0, 0.1) is 0 Å². The molecule has 3 rings (SSSR count). The molecule has 0 unspecified atom stereocenters. The normalized spacial score (nSPS) is 11.7. The molecule has 7 nitrogen and oxygen atoms in total. The lowest BCUT2D eigenvalue weighted by Gasteiger charge is -2.12. The van der Waals surface area contributed by atoms with Crippen molar-refractivity contribution < 1.29 is 23.1 Å². The Morgan fingerprint density at radius 3 is 2.31 bits per heavy atom. The van der Waals surface area contributed by atoms with Crippen molar-refractivity contribution in [3.05, 3.63) is 59.7 Å². The second kappa shape index (κ2) is 7.90. The number of carboxylic acid groups (broad SMARTS) is 1. The highest BCUT2D eigenvalue weighted by atomic mass is 19.4. The van der Waals surface area contributed by atoms with Gasteiger partial charge in [-0.25, -0.2) is 19.7 Å². The molecule has 0 saturated carbocycles. The second-order valence-corrected chi connectivity index (χ2v) is 6.60. The number of nitrogens with zero attached hydrogens (tertiary/aromatic N) is 4. The summed E-state index contributed by atoms with van der Waals surface area (Å²) in [5, 5.41) is 11.8. The average Bonchev–Trinajstić information content (AvgIpc) is 3.13. The fraction of sp³-hybridized carbons (Fsp3) is 0.263. The maximum Gasteiger partial charge on any atom is 0.434 e. The van der Waals surface area contributed by atoms with Gasteiger partial charge in [0.2, 0.25) is 5.95 Å². The summed E-state index contributed by atoms with van der Waals surface area (Å²) in [5.74, 6) is -0.593.